The number of nitrogens with zero attached hydrogens (tertiary/aromatic N) is 2. The molecule has 0 bridgehead atoms. The molecular formula is C14H20N2. The van der Waals surface area contributed by atoms with Gasteiger partial charge in [-0.1, -0.05) is 34.6 Å². The van der Waals surface area contributed by atoms with Crippen molar-refractivity contribution < 1.29 is 0 Å². The molecule has 0 unspecified atom stereocenters. The molecule has 2 rings (SSSR count). The Morgan fingerprint density at radius 1 is 1.31 bits per heavy atom. The summed E-state index contributed by atoms with van der Waals surface area (Å²) in [6, 6.07) is 0. The van der Waals surface area contributed by atoms with Crippen LogP contribution in [0, 0.1) is 11.8 Å². The average Bonchev–Trinajstić information content (AvgIpc) is 2.13. The number of hydrogen-bond acceptors (Lipinski definition) is 2. The Hall–Kier alpha value is -0.920. The van der Waals surface area contributed by atoms with E-state index in [4.69, 9.17) is 4.98 Å². The van der Waals surface area contributed by atoms with E-state index in [0.29, 0.717) is 0 Å². The molecule has 16 heavy (non-hydrogen) atoms. The highest BCUT2D eigenvalue weighted by atomic mass is 14.9. The van der Waals surface area contributed by atoms with E-state index in [1.54, 1.807) is 0 Å². The van der Waals surface area contributed by atoms with Crippen LogP contribution in [0.1, 0.15) is 58.1 Å². The highest BCUT2D eigenvalue weighted by Gasteiger charge is 2.28. The van der Waals surface area contributed by atoms with Crippen LogP contribution in [0.25, 0.3) is 0 Å². The third-order valence-corrected chi connectivity index (χ3v) is 2.94. The zero-order valence-electron chi connectivity index (χ0n) is 10.9. The van der Waals surface area contributed by atoms with Gasteiger partial charge in [-0.15, -0.1) is 0 Å². The van der Waals surface area contributed by atoms with Crippen LogP contribution < -0.4 is 0 Å². The van der Waals surface area contributed by atoms with Crippen molar-refractivity contribution in [3.8, 4) is 0 Å². The van der Waals surface area contributed by atoms with Crippen molar-refractivity contribution in [2.45, 2.75) is 52.9 Å². The Balaban J connectivity index is 2.39. The van der Waals surface area contributed by atoms with Crippen molar-refractivity contribution in [3.05, 3.63) is 29.7 Å². The molecule has 1 aromatic rings. The Morgan fingerprint density at radius 3 is 2.62 bits per heavy atom. The lowest BCUT2D eigenvalue weighted by Crippen LogP contribution is -2.25. The van der Waals surface area contributed by atoms with Crippen LogP contribution in [0.3, 0.4) is 0 Å². The molecule has 0 aliphatic heterocycles. The predicted octanol–water partition coefficient (Wildman–Crippen LogP) is 3.18. The van der Waals surface area contributed by atoms with E-state index < -0.39 is 0 Å². The van der Waals surface area contributed by atoms with Crippen LogP contribution in [0.4, 0.5) is 0 Å². The van der Waals surface area contributed by atoms with Crippen LogP contribution in [0.15, 0.2) is 6.20 Å². The Bertz CT molecular complexity index is 400. The lowest BCUT2D eigenvalue weighted by molar-refractivity contribution is 0.339. The molecule has 1 aliphatic carbocycles. The van der Waals surface area contributed by atoms with Gasteiger partial charge in [-0.05, 0) is 18.3 Å². The summed E-state index contributed by atoms with van der Waals surface area (Å²) >= 11 is 0. The molecule has 0 fully saturated rings. The topological polar surface area (TPSA) is 25.8 Å². The van der Waals surface area contributed by atoms with Crippen LogP contribution in [0.2, 0.25) is 0 Å². The first kappa shape index (κ1) is 11.6. The first-order valence-electron chi connectivity index (χ1n) is 5.88. The molecule has 1 aliphatic rings. The second kappa shape index (κ2) is 3.54. The normalized spacial score (nSPS) is 19.3. The maximum Gasteiger partial charge on any atom is 0.133 e. The van der Waals surface area contributed by atoms with Gasteiger partial charge in [0, 0.05) is 29.3 Å². The van der Waals surface area contributed by atoms with Gasteiger partial charge in [0.25, 0.3) is 0 Å². The molecule has 1 heterocycles. The van der Waals surface area contributed by atoms with Gasteiger partial charge < -0.3 is 0 Å². The fourth-order valence-corrected chi connectivity index (χ4v) is 1.91. The minimum Gasteiger partial charge on any atom is -0.240 e. The first-order valence-corrected chi connectivity index (χ1v) is 5.88. The average molecular weight is 216 g/mol. The largest absolute Gasteiger partial charge is 0.240 e. The van der Waals surface area contributed by atoms with Crippen molar-refractivity contribution in [3.63, 3.8) is 0 Å². The smallest absolute Gasteiger partial charge is 0.133 e. The summed E-state index contributed by atoms with van der Waals surface area (Å²) in [6.45, 7) is 11.0. The molecule has 86 valence electrons. The van der Waals surface area contributed by atoms with Crippen molar-refractivity contribution in [1.82, 2.24) is 9.97 Å². The summed E-state index contributed by atoms with van der Waals surface area (Å²) in [5, 5.41) is 0. The second-order valence-electron chi connectivity index (χ2n) is 6.50. The summed E-state index contributed by atoms with van der Waals surface area (Å²) in [5.41, 5.74) is 2.58. The number of fused-ring (bicyclic) bond motifs is 1. The van der Waals surface area contributed by atoms with E-state index >= 15 is 0 Å². The summed E-state index contributed by atoms with van der Waals surface area (Å²) < 4.78 is 0. The summed E-state index contributed by atoms with van der Waals surface area (Å²) in [5.74, 6) is 0.936. The zero-order chi connectivity index (χ0) is 12.0. The van der Waals surface area contributed by atoms with Crippen LogP contribution in [0.5, 0.6) is 0 Å². The first-order chi connectivity index (χ1) is 7.28. The van der Waals surface area contributed by atoms with Crippen LogP contribution in [-0.2, 0) is 11.8 Å². The van der Waals surface area contributed by atoms with Crippen LogP contribution in [-0.4, -0.2) is 9.97 Å². The molecule has 0 saturated heterocycles. The molecule has 2 nitrogen and oxygen atoms in total. The van der Waals surface area contributed by atoms with Gasteiger partial charge in [0.05, 0.1) is 0 Å². The molecule has 2 heteroatoms. The molecule has 1 aromatic heterocycles. The van der Waals surface area contributed by atoms with Crippen molar-refractivity contribution in [2.24, 2.45) is 5.41 Å². The molecular weight excluding hydrogens is 196 g/mol. The van der Waals surface area contributed by atoms with E-state index in [1.807, 2.05) is 6.20 Å². The van der Waals surface area contributed by atoms with Crippen molar-refractivity contribution >= 4 is 0 Å². The van der Waals surface area contributed by atoms with E-state index in [2.05, 4.69) is 46.0 Å². The van der Waals surface area contributed by atoms with E-state index in [9.17, 15) is 0 Å². The minimum atomic E-state index is 0.0244. The summed E-state index contributed by atoms with van der Waals surface area (Å²) in [7, 11) is 0. The number of hydrogen-bond donors (Lipinski definition) is 0. The third-order valence-electron chi connectivity index (χ3n) is 2.94. The van der Waals surface area contributed by atoms with Gasteiger partial charge in [0.15, 0.2) is 0 Å². The maximum absolute atomic E-state index is 4.71. The SMILES string of the molecule is CC1(C)C[C]c2cnc(C(C)(C)C)nc2C1. The van der Waals surface area contributed by atoms with Gasteiger partial charge in [0.1, 0.15) is 5.82 Å². The van der Waals surface area contributed by atoms with E-state index in [1.165, 1.54) is 0 Å². The van der Waals surface area contributed by atoms with Gasteiger partial charge >= 0.3 is 0 Å². The number of rotatable bonds is 0. The fourth-order valence-electron chi connectivity index (χ4n) is 1.91. The van der Waals surface area contributed by atoms with Gasteiger partial charge in [0.2, 0.25) is 0 Å². The molecule has 0 aromatic carbocycles. The minimum absolute atomic E-state index is 0.0244. The highest BCUT2D eigenvalue weighted by molar-refractivity contribution is 5.30. The summed E-state index contributed by atoms with van der Waals surface area (Å²) in [6.07, 6.45) is 7.36. The van der Waals surface area contributed by atoms with Crippen molar-refractivity contribution in [1.29, 1.82) is 0 Å². The summed E-state index contributed by atoms with van der Waals surface area (Å²) in [4.78, 5) is 9.14. The monoisotopic (exact) mass is 216 g/mol. The Labute approximate surface area is 98.5 Å². The van der Waals surface area contributed by atoms with E-state index in [0.717, 1.165) is 29.9 Å². The standard InChI is InChI=1S/C14H20N2/c1-13(2,3)12-15-9-10-6-7-14(4,5)8-11(10)16-12/h9H,7-8H2,1-5H3. The molecule has 0 spiro atoms. The molecule has 2 radical (unpaired) electrons. The number of aromatic nitrogens is 2. The Kier molecular flexibility index (Phi) is 2.56. The highest BCUT2D eigenvalue weighted by Crippen LogP contribution is 2.35. The predicted molar refractivity (Wildman–Crippen MR) is 65.2 cm³/mol. The quantitative estimate of drug-likeness (QED) is 0.665. The van der Waals surface area contributed by atoms with Gasteiger partial charge in [-0.25, -0.2) is 9.97 Å². The Morgan fingerprint density at radius 2 is 2.00 bits per heavy atom. The fraction of sp³-hybridized carbons (Fsp3) is 0.643. The van der Waals surface area contributed by atoms with Crippen LogP contribution >= 0.6 is 0 Å². The molecule has 0 atom stereocenters. The third kappa shape index (κ3) is 2.26. The van der Waals surface area contributed by atoms with Gasteiger partial charge in [-0.2, -0.15) is 0 Å². The van der Waals surface area contributed by atoms with E-state index in [-0.39, 0.29) is 10.8 Å². The van der Waals surface area contributed by atoms with Crippen molar-refractivity contribution in [2.75, 3.05) is 0 Å². The lowest BCUT2D eigenvalue weighted by atomic mass is 9.76. The second-order valence-corrected chi connectivity index (χ2v) is 6.50. The maximum atomic E-state index is 4.71. The molecule has 0 amide bonds. The zero-order valence-corrected chi connectivity index (χ0v) is 10.9. The lowest BCUT2D eigenvalue weighted by Gasteiger charge is -2.30. The van der Waals surface area contributed by atoms with Gasteiger partial charge in [-0.3, -0.25) is 0 Å². The molecule has 0 saturated carbocycles. The molecule has 0 N–H and O–H groups in total.